The maximum atomic E-state index is 12.3. The fraction of sp³-hybridized carbons (Fsp3) is 0.632. The molecule has 1 aromatic carbocycles. The fourth-order valence-corrected chi connectivity index (χ4v) is 4.58. The van der Waals surface area contributed by atoms with Gasteiger partial charge < -0.3 is 14.8 Å². The Morgan fingerprint density at radius 1 is 1.29 bits per heavy atom. The fourth-order valence-electron chi connectivity index (χ4n) is 3.73. The summed E-state index contributed by atoms with van der Waals surface area (Å²) in [5, 5.41) is 2.83. The number of benzene rings is 1. The number of hydrogen-bond donors (Lipinski definition) is 1. The lowest BCUT2D eigenvalue weighted by Crippen LogP contribution is -2.55. The number of piperidine rings is 1. The molecule has 1 fully saturated rings. The van der Waals surface area contributed by atoms with Crippen LogP contribution in [0.3, 0.4) is 0 Å². The summed E-state index contributed by atoms with van der Waals surface area (Å²) in [5.41, 5.74) is 0.309. The first kappa shape index (κ1) is 21.0. The second-order valence-corrected chi connectivity index (χ2v) is 9.53. The van der Waals surface area contributed by atoms with Crippen LogP contribution >= 0.6 is 0 Å². The Balaban J connectivity index is 1.68. The van der Waals surface area contributed by atoms with Crippen LogP contribution in [0.4, 0.5) is 0 Å². The predicted octanol–water partition coefficient (Wildman–Crippen LogP) is 0.438. The van der Waals surface area contributed by atoms with Crippen molar-refractivity contribution in [1.29, 1.82) is 0 Å². The van der Waals surface area contributed by atoms with Crippen molar-refractivity contribution in [1.82, 2.24) is 14.5 Å². The topological polar surface area (TPSA) is 88.2 Å². The predicted molar refractivity (Wildman–Crippen MR) is 106 cm³/mol. The molecule has 0 unspecified atom stereocenters. The van der Waals surface area contributed by atoms with Crippen molar-refractivity contribution < 1.29 is 22.7 Å². The maximum Gasteiger partial charge on any atom is 0.234 e. The van der Waals surface area contributed by atoms with E-state index in [1.807, 2.05) is 24.3 Å². The minimum Gasteiger partial charge on any atom is -0.485 e. The van der Waals surface area contributed by atoms with E-state index in [9.17, 15) is 13.2 Å². The van der Waals surface area contributed by atoms with Crippen molar-refractivity contribution in [3.05, 3.63) is 29.8 Å². The largest absolute Gasteiger partial charge is 0.485 e. The number of likely N-dealkylation sites (tertiary alicyclic amines) is 1. The van der Waals surface area contributed by atoms with E-state index in [2.05, 4.69) is 10.2 Å². The van der Waals surface area contributed by atoms with Gasteiger partial charge in [0.05, 0.1) is 26.0 Å². The van der Waals surface area contributed by atoms with E-state index in [1.54, 1.807) is 7.11 Å². The van der Waals surface area contributed by atoms with Gasteiger partial charge in [0.15, 0.2) is 0 Å². The van der Waals surface area contributed by atoms with Crippen LogP contribution in [0.15, 0.2) is 24.3 Å². The van der Waals surface area contributed by atoms with Crippen molar-refractivity contribution in [3.8, 4) is 5.75 Å². The minimum absolute atomic E-state index is 0.0297. The number of sulfonamides is 1. The van der Waals surface area contributed by atoms with E-state index in [-0.39, 0.29) is 5.91 Å². The van der Waals surface area contributed by atoms with Crippen LogP contribution < -0.4 is 10.1 Å². The van der Waals surface area contributed by atoms with E-state index >= 15 is 0 Å². The normalized spacial score (nSPS) is 20.2. The lowest BCUT2D eigenvalue weighted by molar-refractivity contribution is -0.123. The summed E-state index contributed by atoms with van der Waals surface area (Å²) < 4.78 is 37.4. The Morgan fingerprint density at radius 2 is 2.00 bits per heavy atom. The lowest BCUT2D eigenvalue weighted by atomic mass is 9.91. The molecule has 2 heterocycles. The molecule has 0 radical (unpaired) electrons. The van der Waals surface area contributed by atoms with Crippen LogP contribution in [0.5, 0.6) is 5.75 Å². The van der Waals surface area contributed by atoms with Gasteiger partial charge in [-0.2, -0.15) is 4.31 Å². The molecule has 0 aromatic heterocycles. The zero-order chi connectivity index (χ0) is 20.2. The van der Waals surface area contributed by atoms with Gasteiger partial charge in [-0.05, 0) is 6.07 Å². The molecule has 1 amide bonds. The summed E-state index contributed by atoms with van der Waals surface area (Å²) in [6.45, 7) is 3.32. The summed E-state index contributed by atoms with van der Waals surface area (Å²) in [4.78, 5) is 14.1. The summed E-state index contributed by atoms with van der Waals surface area (Å²) in [5.74, 6) is 0.720. The number of amides is 1. The van der Waals surface area contributed by atoms with E-state index in [0.717, 1.165) is 11.3 Å². The van der Waals surface area contributed by atoms with E-state index in [0.29, 0.717) is 58.7 Å². The highest BCUT2D eigenvalue weighted by Crippen LogP contribution is 2.36. The summed E-state index contributed by atoms with van der Waals surface area (Å²) in [7, 11) is -1.75. The quantitative estimate of drug-likeness (QED) is 0.684. The Kier molecular flexibility index (Phi) is 6.59. The Morgan fingerprint density at radius 3 is 2.68 bits per heavy atom. The van der Waals surface area contributed by atoms with Gasteiger partial charge in [-0.3, -0.25) is 9.69 Å². The lowest BCUT2D eigenvalue weighted by Gasteiger charge is -2.42. The molecule has 1 saturated heterocycles. The third-order valence-electron chi connectivity index (χ3n) is 5.34. The number of carbonyl (C=O) groups is 1. The average Bonchev–Trinajstić information content (AvgIpc) is 2.80. The Hall–Kier alpha value is -1.68. The van der Waals surface area contributed by atoms with Gasteiger partial charge in [-0.25, -0.2) is 8.42 Å². The molecule has 156 valence electrons. The number of methoxy groups -OCH3 is 1. The Bertz CT molecular complexity index is 791. The molecule has 1 aromatic rings. The van der Waals surface area contributed by atoms with Gasteiger partial charge in [-0.1, -0.05) is 18.2 Å². The molecule has 2 aliphatic heterocycles. The van der Waals surface area contributed by atoms with Crippen molar-refractivity contribution in [2.24, 2.45) is 0 Å². The van der Waals surface area contributed by atoms with Gasteiger partial charge in [0.1, 0.15) is 11.4 Å². The first-order chi connectivity index (χ1) is 13.3. The van der Waals surface area contributed by atoms with Crippen molar-refractivity contribution in [2.45, 2.75) is 25.0 Å². The van der Waals surface area contributed by atoms with Crippen LogP contribution in [0.1, 0.15) is 18.4 Å². The van der Waals surface area contributed by atoms with Crippen LogP contribution in [0.25, 0.3) is 0 Å². The minimum atomic E-state index is -3.35. The molecule has 8 nitrogen and oxygen atoms in total. The summed E-state index contributed by atoms with van der Waals surface area (Å²) in [6.07, 6.45) is 2.57. The number of nitrogens with zero attached hydrogens (tertiary/aromatic N) is 2. The molecule has 0 aliphatic carbocycles. The number of rotatable bonds is 6. The molecule has 28 heavy (non-hydrogen) atoms. The van der Waals surface area contributed by atoms with Crippen LogP contribution in [0.2, 0.25) is 0 Å². The molecular weight excluding hydrogens is 382 g/mol. The second-order valence-electron chi connectivity index (χ2n) is 7.54. The highest BCUT2D eigenvalue weighted by Gasteiger charge is 2.42. The first-order valence-corrected chi connectivity index (χ1v) is 11.4. The zero-order valence-corrected chi connectivity index (χ0v) is 17.3. The Labute approximate surface area is 166 Å². The van der Waals surface area contributed by atoms with Gasteiger partial charge in [0, 0.05) is 51.7 Å². The maximum absolute atomic E-state index is 12.3. The number of nitrogens with one attached hydrogen (secondary N) is 1. The molecule has 9 heteroatoms. The van der Waals surface area contributed by atoms with Gasteiger partial charge in [0.25, 0.3) is 0 Å². The first-order valence-electron chi connectivity index (χ1n) is 9.51. The zero-order valence-electron chi connectivity index (χ0n) is 16.5. The molecule has 2 aliphatic rings. The number of carbonyl (C=O) groups excluding carboxylic acids is 1. The number of para-hydroxylation sites is 1. The van der Waals surface area contributed by atoms with Crippen LogP contribution in [0, 0.1) is 0 Å². The molecule has 0 atom stereocenters. The van der Waals surface area contributed by atoms with Gasteiger partial charge >= 0.3 is 0 Å². The third-order valence-corrected chi connectivity index (χ3v) is 6.54. The molecule has 0 saturated carbocycles. The third kappa shape index (κ3) is 5.22. The van der Waals surface area contributed by atoms with E-state index < -0.39 is 15.6 Å². The summed E-state index contributed by atoms with van der Waals surface area (Å²) >= 11 is 0. The molecule has 1 N–H and O–H groups in total. The van der Waals surface area contributed by atoms with Gasteiger partial charge in [-0.15, -0.1) is 0 Å². The number of hydrogen-bond acceptors (Lipinski definition) is 6. The van der Waals surface area contributed by atoms with Crippen LogP contribution in [-0.2, 0) is 26.1 Å². The van der Waals surface area contributed by atoms with Crippen molar-refractivity contribution >= 4 is 15.9 Å². The average molecular weight is 412 g/mol. The van der Waals surface area contributed by atoms with Gasteiger partial charge in [0.2, 0.25) is 15.9 Å². The van der Waals surface area contributed by atoms with E-state index in [4.69, 9.17) is 9.47 Å². The summed E-state index contributed by atoms with van der Waals surface area (Å²) in [6, 6.07) is 7.61. The van der Waals surface area contributed by atoms with Crippen molar-refractivity contribution in [3.63, 3.8) is 0 Å². The SMILES string of the molecule is COCCNC(=O)CN1CCC2(CC1)CN(S(C)(=O)=O)Cc1ccccc1O2. The molecule has 0 bridgehead atoms. The van der Waals surface area contributed by atoms with Crippen molar-refractivity contribution in [2.75, 3.05) is 52.7 Å². The van der Waals surface area contributed by atoms with Crippen LogP contribution in [-0.4, -0.2) is 81.8 Å². The highest BCUT2D eigenvalue weighted by atomic mass is 32.2. The molecule has 3 rings (SSSR count). The monoisotopic (exact) mass is 411 g/mol. The molecular formula is C19H29N3O5S. The second kappa shape index (κ2) is 8.77. The molecule has 1 spiro atoms. The highest BCUT2D eigenvalue weighted by molar-refractivity contribution is 7.88. The smallest absolute Gasteiger partial charge is 0.234 e. The number of ether oxygens (including phenoxy) is 2. The standard InChI is InChI=1S/C19H29N3O5S/c1-26-12-9-20-18(23)14-21-10-7-19(8-11-21)15-22(28(2,24)25)13-16-5-3-4-6-17(16)27-19/h3-6H,7-15H2,1-2H3,(H,20,23). The van der Waals surface area contributed by atoms with E-state index in [1.165, 1.54) is 10.6 Å². The number of fused-ring (bicyclic) bond motifs is 1.